The Kier molecular flexibility index (Phi) is 4.92. The van der Waals surface area contributed by atoms with E-state index in [2.05, 4.69) is 78.6 Å². The molecule has 0 radical (unpaired) electrons. The van der Waals surface area contributed by atoms with Gasteiger partial charge >= 0.3 is 0 Å². The summed E-state index contributed by atoms with van der Waals surface area (Å²) < 4.78 is 0. The third-order valence-corrected chi connectivity index (χ3v) is 6.00. The molecule has 2 unspecified atom stereocenters. The summed E-state index contributed by atoms with van der Waals surface area (Å²) in [6.07, 6.45) is 4.54. The van der Waals surface area contributed by atoms with Crippen LogP contribution in [0.2, 0.25) is 0 Å². The topological polar surface area (TPSA) is 51.1 Å². The van der Waals surface area contributed by atoms with Crippen molar-refractivity contribution in [3.63, 3.8) is 0 Å². The minimum atomic E-state index is 0.317. The van der Waals surface area contributed by atoms with Gasteiger partial charge in [-0.05, 0) is 41.0 Å². The van der Waals surface area contributed by atoms with Gasteiger partial charge in [0.05, 0.1) is 0 Å². The molecule has 134 valence electrons. The lowest BCUT2D eigenvalue weighted by Crippen LogP contribution is -2.39. The van der Waals surface area contributed by atoms with E-state index in [1.54, 1.807) is 0 Å². The van der Waals surface area contributed by atoms with Gasteiger partial charge < -0.3 is 4.90 Å². The number of nitrogens with one attached hydrogen (secondary N) is 2. The average molecular weight is 346 g/mol. The molecule has 2 aromatic rings. The number of hydrogen-bond donors (Lipinski definition) is 2. The lowest BCUT2D eigenvalue weighted by molar-refractivity contribution is 0.310. The third kappa shape index (κ3) is 3.33. The van der Waals surface area contributed by atoms with Crippen molar-refractivity contribution in [2.75, 3.05) is 13.1 Å². The van der Waals surface area contributed by atoms with Crippen molar-refractivity contribution in [1.29, 1.82) is 5.26 Å². The van der Waals surface area contributed by atoms with Crippen molar-refractivity contribution in [1.82, 2.24) is 15.8 Å². The number of hydrogen-bond acceptors (Lipinski definition) is 4. The van der Waals surface area contributed by atoms with E-state index in [0.717, 1.165) is 25.9 Å². The van der Waals surface area contributed by atoms with E-state index in [9.17, 15) is 5.26 Å². The van der Waals surface area contributed by atoms with Crippen molar-refractivity contribution >= 4 is 0 Å². The van der Waals surface area contributed by atoms with E-state index in [-0.39, 0.29) is 0 Å². The van der Waals surface area contributed by atoms with E-state index < -0.39 is 0 Å². The predicted octanol–water partition coefficient (Wildman–Crippen LogP) is 3.70. The van der Waals surface area contributed by atoms with Gasteiger partial charge in [-0.15, -0.1) is 0 Å². The fraction of sp³-hybridized carbons (Fsp3) is 0.409. The summed E-state index contributed by atoms with van der Waals surface area (Å²) in [5.74, 6) is 1.14. The van der Waals surface area contributed by atoms with E-state index in [1.165, 1.54) is 16.7 Å². The molecule has 2 saturated heterocycles. The Labute approximate surface area is 155 Å². The maximum absolute atomic E-state index is 9.25. The van der Waals surface area contributed by atoms with Crippen molar-refractivity contribution < 1.29 is 0 Å². The number of nitriles is 1. The molecule has 2 aromatic carbocycles. The number of benzene rings is 2. The van der Waals surface area contributed by atoms with Crippen LogP contribution in [-0.2, 0) is 0 Å². The molecule has 2 aliphatic heterocycles. The fourth-order valence-electron chi connectivity index (χ4n) is 4.51. The normalized spacial score (nSPS) is 28.2. The summed E-state index contributed by atoms with van der Waals surface area (Å²) >= 11 is 0. The van der Waals surface area contributed by atoms with Crippen LogP contribution in [0.25, 0.3) is 11.1 Å². The zero-order chi connectivity index (χ0) is 17.9. The summed E-state index contributed by atoms with van der Waals surface area (Å²) in [7, 11) is 0. The molecule has 0 amide bonds. The van der Waals surface area contributed by atoms with E-state index in [1.807, 2.05) is 4.90 Å². The first-order chi connectivity index (χ1) is 12.8. The molecule has 4 heteroatoms. The van der Waals surface area contributed by atoms with Gasteiger partial charge in [0.1, 0.15) is 0 Å². The van der Waals surface area contributed by atoms with E-state index in [4.69, 9.17) is 0 Å². The summed E-state index contributed by atoms with van der Waals surface area (Å²) in [5.41, 5.74) is 10.9. The largest absolute Gasteiger partial charge is 0.310 e. The molecule has 26 heavy (non-hydrogen) atoms. The highest BCUT2D eigenvalue weighted by molar-refractivity contribution is 5.64. The number of rotatable bonds is 4. The smallest absolute Gasteiger partial charge is 0.179 e. The van der Waals surface area contributed by atoms with Crippen molar-refractivity contribution in [2.45, 2.75) is 31.8 Å². The molecule has 0 aliphatic carbocycles. The lowest BCUT2D eigenvalue weighted by atomic mass is 9.84. The maximum Gasteiger partial charge on any atom is 0.179 e. The van der Waals surface area contributed by atoms with Crippen molar-refractivity contribution in [3.8, 4) is 17.3 Å². The SMILES string of the molecule is CC[C@H]1CN(C#N)C[C@@H]1C1CC(c2cccc(-c3ccccc3)c2)NN1. The first kappa shape index (κ1) is 17.1. The Balaban J connectivity index is 1.48. The highest BCUT2D eigenvalue weighted by Crippen LogP contribution is 2.35. The van der Waals surface area contributed by atoms with Crippen LogP contribution in [0.1, 0.15) is 31.4 Å². The first-order valence-electron chi connectivity index (χ1n) is 9.59. The Morgan fingerprint density at radius 1 is 1.04 bits per heavy atom. The maximum atomic E-state index is 9.25. The molecule has 4 rings (SSSR count). The number of hydrazine groups is 1. The van der Waals surface area contributed by atoms with Gasteiger partial charge in [0.15, 0.2) is 6.19 Å². The minimum Gasteiger partial charge on any atom is -0.310 e. The summed E-state index contributed by atoms with van der Waals surface area (Å²) in [6.45, 7) is 4.02. The monoisotopic (exact) mass is 346 g/mol. The molecular formula is C22H26N4. The van der Waals surface area contributed by atoms with E-state index in [0.29, 0.717) is 23.9 Å². The molecule has 2 aliphatic rings. The van der Waals surface area contributed by atoms with Gasteiger partial charge in [0.2, 0.25) is 0 Å². The van der Waals surface area contributed by atoms with Crippen LogP contribution in [0.15, 0.2) is 54.6 Å². The van der Waals surface area contributed by atoms with Gasteiger partial charge in [0.25, 0.3) is 0 Å². The summed E-state index contributed by atoms with van der Waals surface area (Å²) in [6, 6.07) is 20.1. The second-order valence-corrected chi connectivity index (χ2v) is 7.51. The molecular weight excluding hydrogens is 320 g/mol. The van der Waals surface area contributed by atoms with Crippen LogP contribution in [0.3, 0.4) is 0 Å². The van der Waals surface area contributed by atoms with Crippen molar-refractivity contribution in [3.05, 3.63) is 60.2 Å². The van der Waals surface area contributed by atoms with Gasteiger partial charge in [-0.2, -0.15) is 5.26 Å². The standard InChI is InChI=1S/C22H26N4/c1-2-16-13-26(15-23)14-20(16)22-12-21(24-25-22)19-10-6-9-18(11-19)17-7-4-3-5-8-17/h3-11,16,20-22,24-25H,2,12-14H2,1H3/t16-,20-,21?,22?/m0/s1. The van der Waals surface area contributed by atoms with Crippen LogP contribution in [0.4, 0.5) is 0 Å². The Hall–Kier alpha value is -2.35. The second-order valence-electron chi connectivity index (χ2n) is 7.51. The molecule has 0 aromatic heterocycles. The Morgan fingerprint density at radius 3 is 2.62 bits per heavy atom. The first-order valence-corrected chi connectivity index (χ1v) is 9.59. The molecule has 2 fully saturated rings. The van der Waals surface area contributed by atoms with E-state index >= 15 is 0 Å². The molecule has 4 nitrogen and oxygen atoms in total. The number of nitrogens with zero attached hydrogens (tertiary/aromatic N) is 2. The predicted molar refractivity (Wildman–Crippen MR) is 104 cm³/mol. The van der Waals surface area contributed by atoms with Gasteiger partial charge in [-0.3, -0.25) is 10.9 Å². The molecule has 0 spiro atoms. The minimum absolute atomic E-state index is 0.317. The highest BCUT2D eigenvalue weighted by Gasteiger charge is 2.40. The number of likely N-dealkylation sites (tertiary alicyclic amines) is 1. The fourth-order valence-corrected chi connectivity index (χ4v) is 4.51. The highest BCUT2D eigenvalue weighted by atomic mass is 15.4. The average Bonchev–Trinajstić information content (AvgIpc) is 3.35. The molecule has 0 bridgehead atoms. The van der Waals surface area contributed by atoms with Gasteiger partial charge in [0, 0.05) is 25.2 Å². The molecule has 2 N–H and O–H groups in total. The molecule has 2 heterocycles. The van der Waals surface area contributed by atoms with Crippen LogP contribution in [0.5, 0.6) is 0 Å². The summed E-state index contributed by atoms with van der Waals surface area (Å²) in [4.78, 5) is 1.92. The summed E-state index contributed by atoms with van der Waals surface area (Å²) in [5, 5.41) is 9.25. The van der Waals surface area contributed by atoms with Crippen LogP contribution in [0, 0.1) is 23.3 Å². The van der Waals surface area contributed by atoms with Crippen LogP contribution in [-0.4, -0.2) is 24.0 Å². The third-order valence-electron chi connectivity index (χ3n) is 6.00. The zero-order valence-corrected chi connectivity index (χ0v) is 15.2. The molecule has 0 saturated carbocycles. The van der Waals surface area contributed by atoms with Crippen LogP contribution >= 0.6 is 0 Å². The molecule has 4 atom stereocenters. The van der Waals surface area contributed by atoms with Gasteiger partial charge in [-0.25, -0.2) is 0 Å². The quantitative estimate of drug-likeness (QED) is 0.829. The van der Waals surface area contributed by atoms with Gasteiger partial charge in [-0.1, -0.05) is 61.9 Å². The lowest BCUT2D eigenvalue weighted by Gasteiger charge is -2.22. The van der Waals surface area contributed by atoms with Crippen molar-refractivity contribution in [2.24, 2.45) is 11.8 Å². The Bertz CT molecular complexity index is 782. The van der Waals surface area contributed by atoms with Crippen LogP contribution < -0.4 is 10.9 Å². The Morgan fingerprint density at radius 2 is 1.85 bits per heavy atom. The zero-order valence-electron chi connectivity index (χ0n) is 15.2. The second kappa shape index (κ2) is 7.49.